The maximum Gasteiger partial charge on any atom is 0.0922 e. The lowest BCUT2D eigenvalue weighted by Crippen LogP contribution is -2.29. The van der Waals surface area contributed by atoms with E-state index in [2.05, 4.69) is 26.7 Å². The van der Waals surface area contributed by atoms with Crippen LogP contribution in [0.3, 0.4) is 0 Å². The highest BCUT2D eigenvalue weighted by molar-refractivity contribution is 7.10. The molecule has 1 atom stereocenters. The van der Waals surface area contributed by atoms with Gasteiger partial charge >= 0.3 is 0 Å². The summed E-state index contributed by atoms with van der Waals surface area (Å²) in [7, 11) is 0. The molecule has 2 aromatic rings. The van der Waals surface area contributed by atoms with Crippen molar-refractivity contribution in [2.24, 2.45) is 0 Å². The molecule has 2 aromatic heterocycles. The fourth-order valence-electron chi connectivity index (χ4n) is 1.93. The molecular weight excluding hydrogens is 194 g/mol. The van der Waals surface area contributed by atoms with E-state index >= 15 is 0 Å². The zero-order valence-electron chi connectivity index (χ0n) is 7.66. The summed E-state index contributed by atoms with van der Waals surface area (Å²) >= 11 is 1.82. The summed E-state index contributed by atoms with van der Waals surface area (Å²) in [4.78, 5) is 8.67. The van der Waals surface area contributed by atoms with E-state index in [4.69, 9.17) is 0 Å². The minimum atomic E-state index is 0.321. The molecule has 0 aromatic carbocycles. The molecule has 72 valence electrons. The third-order valence-electron chi connectivity index (χ3n) is 2.62. The average molecular weight is 205 g/mol. The van der Waals surface area contributed by atoms with Gasteiger partial charge < -0.3 is 10.3 Å². The molecular formula is C10H11N3S. The first-order valence-corrected chi connectivity index (χ1v) is 5.61. The van der Waals surface area contributed by atoms with Crippen molar-refractivity contribution in [3.8, 4) is 0 Å². The number of H-pyrrole nitrogens is 1. The van der Waals surface area contributed by atoms with Crippen molar-refractivity contribution in [2.45, 2.75) is 12.5 Å². The smallest absolute Gasteiger partial charge is 0.0922 e. The van der Waals surface area contributed by atoms with Gasteiger partial charge in [-0.2, -0.15) is 0 Å². The van der Waals surface area contributed by atoms with Gasteiger partial charge in [0.1, 0.15) is 0 Å². The molecule has 0 saturated carbocycles. The molecule has 1 unspecified atom stereocenters. The Morgan fingerprint density at radius 3 is 3.36 bits per heavy atom. The van der Waals surface area contributed by atoms with E-state index in [9.17, 15) is 0 Å². The zero-order chi connectivity index (χ0) is 9.38. The van der Waals surface area contributed by atoms with Crippen LogP contribution in [-0.2, 0) is 6.42 Å². The van der Waals surface area contributed by atoms with Crippen LogP contribution >= 0.6 is 11.3 Å². The lowest BCUT2D eigenvalue weighted by atomic mass is 10.0. The molecule has 4 heteroatoms. The summed E-state index contributed by atoms with van der Waals surface area (Å²) in [6.07, 6.45) is 4.77. The highest BCUT2D eigenvalue weighted by Gasteiger charge is 2.22. The van der Waals surface area contributed by atoms with Gasteiger partial charge in [0.2, 0.25) is 0 Å². The minimum absolute atomic E-state index is 0.321. The normalized spacial score (nSPS) is 20.7. The van der Waals surface area contributed by atoms with Crippen molar-refractivity contribution < 1.29 is 0 Å². The molecule has 3 rings (SSSR count). The molecule has 1 aliphatic rings. The van der Waals surface area contributed by atoms with Gasteiger partial charge in [0.05, 0.1) is 18.1 Å². The summed E-state index contributed by atoms with van der Waals surface area (Å²) in [6, 6.07) is 2.55. The quantitative estimate of drug-likeness (QED) is 0.744. The first kappa shape index (κ1) is 8.20. The molecule has 14 heavy (non-hydrogen) atoms. The van der Waals surface area contributed by atoms with Crippen LogP contribution < -0.4 is 5.32 Å². The zero-order valence-corrected chi connectivity index (χ0v) is 8.47. The molecule has 0 saturated heterocycles. The standard InChI is InChI=1S/C10H11N3S/c1-3-12-9(8-5-11-6-13-8)10-7(1)2-4-14-10/h2,4-6,9,12H,1,3H2,(H,11,13). The van der Waals surface area contributed by atoms with Crippen molar-refractivity contribution in [2.75, 3.05) is 6.54 Å². The largest absolute Gasteiger partial charge is 0.347 e. The van der Waals surface area contributed by atoms with Crippen LogP contribution in [0.4, 0.5) is 0 Å². The second kappa shape index (κ2) is 3.22. The number of rotatable bonds is 1. The Morgan fingerprint density at radius 1 is 1.50 bits per heavy atom. The van der Waals surface area contributed by atoms with Crippen LogP contribution in [0.1, 0.15) is 22.2 Å². The number of hydrogen-bond donors (Lipinski definition) is 2. The van der Waals surface area contributed by atoms with E-state index < -0.39 is 0 Å². The summed E-state index contributed by atoms with van der Waals surface area (Å²) in [5.74, 6) is 0. The molecule has 0 bridgehead atoms. The van der Waals surface area contributed by atoms with Crippen molar-refractivity contribution in [3.05, 3.63) is 40.1 Å². The number of thiophene rings is 1. The summed E-state index contributed by atoms with van der Waals surface area (Å²) in [5.41, 5.74) is 2.64. The van der Waals surface area contributed by atoms with Crippen molar-refractivity contribution in [1.29, 1.82) is 0 Å². The molecule has 2 N–H and O–H groups in total. The second-order valence-corrected chi connectivity index (χ2v) is 4.40. The number of nitrogens with one attached hydrogen (secondary N) is 2. The Bertz CT molecular complexity index is 418. The molecule has 0 radical (unpaired) electrons. The molecule has 1 aliphatic heterocycles. The highest BCUT2D eigenvalue weighted by Crippen LogP contribution is 2.31. The van der Waals surface area contributed by atoms with E-state index in [1.165, 1.54) is 10.4 Å². The van der Waals surface area contributed by atoms with E-state index in [0.717, 1.165) is 18.7 Å². The molecule has 0 amide bonds. The van der Waals surface area contributed by atoms with Crippen molar-refractivity contribution in [3.63, 3.8) is 0 Å². The molecule has 0 fully saturated rings. The van der Waals surface area contributed by atoms with Crippen LogP contribution in [-0.4, -0.2) is 16.5 Å². The first-order valence-electron chi connectivity index (χ1n) is 4.73. The molecule has 0 spiro atoms. The molecule has 0 aliphatic carbocycles. The maximum absolute atomic E-state index is 4.06. The lowest BCUT2D eigenvalue weighted by Gasteiger charge is -2.22. The SMILES string of the molecule is c1ncc(C2NCCc3ccsc32)[nH]1. The van der Waals surface area contributed by atoms with Gasteiger partial charge in [-0.25, -0.2) is 4.98 Å². The average Bonchev–Trinajstić information content (AvgIpc) is 2.88. The second-order valence-electron chi connectivity index (χ2n) is 3.45. The minimum Gasteiger partial charge on any atom is -0.347 e. The van der Waals surface area contributed by atoms with Gasteiger partial charge in [0, 0.05) is 17.6 Å². The fraction of sp³-hybridized carbons (Fsp3) is 0.300. The Morgan fingerprint density at radius 2 is 2.50 bits per heavy atom. The molecule has 3 heterocycles. The van der Waals surface area contributed by atoms with Crippen LogP contribution in [0.2, 0.25) is 0 Å². The summed E-state index contributed by atoms with van der Waals surface area (Å²) < 4.78 is 0. The number of aromatic amines is 1. The van der Waals surface area contributed by atoms with Gasteiger partial charge in [0.15, 0.2) is 0 Å². The first-order chi connectivity index (χ1) is 6.95. The van der Waals surface area contributed by atoms with Crippen LogP contribution in [0.15, 0.2) is 24.0 Å². The van der Waals surface area contributed by atoms with Gasteiger partial charge in [-0.1, -0.05) is 0 Å². The maximum atomic E-state index is 4.06. The third-order valence-corrected chi connectivity index (χ3v) is 3.64. The van der Waals surface area contributed by atoms with Gasteiger partial charge in [-0.05, 0) is 23.4 Å². The number of aromatic nitrogens is 2. The Balaban J connectivity index is 2.04. The number of nitrogens with zero attached hydrogens (tertiary/aromatic N) is 1. The van der Waals surface area contributed by atoms with Crippen molar-refractivity contribution >= 4 is 11.3 Å². The Kier molecular flexibility index (Phi) is 1.89. The lowest BCUT2D eigenvalue weighted by molar-refractivity contribution is 0.569. The number of hydrogen-bond acceptors (Lipinski definition) is 3. The highest BCUT2D eigenvalue weighted by atomic mass is 32.1. The van der Waals surface area contributed by atoms with Gasteiger partial charge in [-0.15, -0.1) is 11.3 Å². The Hall–Kier alpha value is -1.13. The van der Waals surface area contributed by atoms with E-state index in [1.54, 1.807) is 6.33 Å². The fourth-order valence-corrected chi connectivity index (χ4v) is 2.97. The predicted molar refractivity (Wildman–Crippen MR) is 56.5 cm³/mol. The van der Waals surface area contributed by atoms with E-state index in [1.807, 2.05) is 17.5 Å². The van der Waals surface area contributed by atoms with Crippen LogP contribution in [0, 0.1) is 0 Å². The Labute approximate surface area is 86.2 Å². The van der Waals surface area contributed by atoms with Gasteiger partial charge in [-0.3, -0.25) is 0 Å². The number of fused-ring (bicyclic) bond motifs is 1. The van der Waals surface area contributed by atoms with Crippen molar-refractivity contribution in [1.82, 2.24) is 15.3 Å². The topological polar surface area (TPSA) is 40.7 Å². The molecule has 3 nitrogen and oxygen atoms in total. The van der Waals surface area contributed by atoms with E-state index in [-0.39, 0.29) is 0 Å². The third kappa shape index (κ3) is 1.19. The summed E-state index contributed by atoms with van der Waals surface area (Å²) in [6.45, 7) is 1.05. The number of imidazole rings is 1. The predicted octanol–water partition coefficient (Wildman–Crippen LogP) is 1.71. The van der Waals surface area contributed by atoms with Gasteiger partial charge in [0.25, 0.3) is 0 Å². The monoisotopic (exact) mass is 205 g/mol. The summed E-state index contributed by atoms with van der Waals surface area (Å²) in [5, 5.41) is 5.67. The van der Waals surface area contributed by atoms with Crippen LogP contribution in [0.25, 0.3) is 0 Å². The van der Waals surface area contributed by atoms with Crippen LogP contribution in [0.5, 0.6) is 0 Å². The van der Waals surface area contributed by atoms with E-state index in [0.29, 0.717) is 6.04 Å².